The molecule has 0 radical (unpaired) electrons. The number of rotatable bonds is 7. The van der Waals surface area contributed by atoms with Gasteiger partial charge < -0.3 is 9.26 Å². The molecule has 0 bridgehead atoms. The number of ether oxygens (including phenoxy) is 1. The van der Waals surface area contributed by atoms with Gasteiger partial charge in [0.15, 0.2) is 5.69 Å². The molecule has 160 valence electrons. The smallest absolute Gasteiger partial charge is 0.280 e. The molecule has 0 fully saturated rings. The lowest BCUT2D eigenvalue weighted by atomic mass is 10.1. The fourth-order valence-corrected chi connectivity index (χ4v) is 3.33. The van der Waals surface area contributed by atoms with Gasteiger partial charge in [0.2, 0.25) is 5.82 Å². The molecule has 0 aliphatic heterocycles. The maximum atomic E-state index is 14.3. The van der Waals surface area contributed by atoms with Crippen molar-refractivity contribution in [2.75, 3.05) is 7.11 Å². The van der Waals surface area contributed by atoms with Gasteiger partial charge in [0, 0.05) is 25.1 Å². The van der Waals surface area contributed by atoms with Crippen molar-refractivity contribution in [1.82, 2.24) is 34.9 Å². The normalized spacial score (nSPS) is 11.2. The Labute approximate surface area is 182 Å². The van der Waals surface area contributed by atoms with E-state index < -0.39 is 5.82 Å². The highest BCUT2D eigenvalue weighted by Crippen LogP contribution is 2.26. The van der Waals surface area contributed by atoms with E-state index in [1.54, 1.807) is 24.4 Å². The summed E-state index contributed by atoms with van der Waals surface area (Å²) in [4.78, 5) is 4.47. The molecule has 0 aliphatic carbocycles. The van der Waals surface area contributed by atoms with Crippen molar-refractivity contribution in [1.29, 1.82) is 0 Å². The van der Waals surface area contributed by atoms with E-state index in [4.69, 9.17) is 9.26 Å². The first-order chi connectivity index (χ1) is 15.7. The van der Waals surface area contributed by atoms with E-state index in [-0.39, 0.29) is 18.2 Å². The van der Waals surface area contributed by atoms with Crippen LogP contribution in [0.1, 0.15) is 11.3 Å². The minimum atomic E-state index is -0.428. The van der Waals surface area contributed by atoms with Gasteiger partial charge in [0.25, 0.3) is 5.89 Å². The summed E-state index contributed by atoms with van der Waals surface area (Å²) >= 11 is 0. The van der Waals surface area contributed by atoms with Gasteiger partial charge in [-0.2, -0.15) is 10.1 Å². The van der Waals surface area contributed by atoms with Gasteiger partial charge in [-0.3, -0.25) is 4.68 Å². The molecule has 0 amide bonds. The molecule has 0 spiro atoms. The molecule has 5 aromatic rings. The van der Waals surface area contributed by atoms with E-state index in [0.717, 1.165) is 11.1 Å². The molecule has 9 nitrogen and oxygen atoms in total. The van der Waals surface area contributed by atoms with Crippen molar-refractivity contribution in [3.05, 3.63) is 84.1 Å². The molecule has 0 atom stereocenters. The maximum absolute atomic E-state index is 14.3. The average Bonchev–Trinajstić information content (AvgIpc) is 3.56. The van der Waals surface area contributed by atoms with Gasteiger partial charge in [-0.05, 0) is 23.8 Å². The van der Waals surface area contributed by atoms with Crippen molar-refractivity contribution < 1.29 is 13.7 Å². The van der Waals surface area contributed by atoms with Crippen LogP contribution in [0.15, 0.2) is 71.5 Å². The predicted octanol–water partition coefficient (Wildman–Crippen LogP) is 3.51. The van der Waals surface area contributed by atoms with Crippen LogP contribution < -0.4 is 0 Å². The standard InChI is InChI=1S/C22H18FN7O2/c1-31-14-19-20(26-28-30(19)18-6-3-2-5-17(18)23)22-25-21(27-32-22)16-9-7-15(8-10-16)13-29-12-4-11-24-29/h2-12H,13-14H2,1H3. The fourth-order valence-electron chi connectivity index (χ4n) is 3.33. The van der Waals surface area contributed by atoms with Crippen molar-refractivity contribution >= 4 is 0 Å². The first-order valence-electron chi connectivity index (χ1n) is 9.82. The molecule has 3 aromatic heterocycles. The molecular formula is C22H18FN7O2. The van der Waals surface area contributed by atoms with Crippen LogP contribution in [0.5, 0.6) is 0 Å². The van der Waals surface area contributed by atoms with Crippen molar-refractivity contribution in [3.63, 3.8) is 0 Å². The molecule has 3 heterocycles. The fraction of sp³-hybridized carbons (Fsp3) is 0.136. The first kappa shape index (κ1) is 19.8. The van der Waals surface area contributed by atoms with Crippen molar-refractivity contribution in [2.24, 2.45) is 0 Å². The average molecular weight is 431 g/mol. The Bertz CT molecular complexity index is 1330. The summed E-state index contributed by atoms with van der Waals surface area (Å²) in [6.07, 6.45) is 3.65. The molecule has 32 heavy (non-hydrogen) atoms. The molecular weight excluding hydrogens is 413 g/mol. The number of para-hydroxylation sites is 1. The quantitative estimate of drug-likeness (QED) is 0.389. The van der Waals surface area contributed by atoms with Gasteiger partial charge in [0.05, 0.1) is 13.2 Å². The molecule has 10 heteroatoms. The molecule has 0 saturated carbocycles. The van der Waals surface area contributed by atoms with Crippen molar-refractivity contribution in [3.8, 4) is 28.7 Å². The zero-order valence-corrected chi connectivity index (χ0v) is 17.1. The number of aromatic nitrogens is 7. The van der Waals surface area contributed by atoms with Crippen molar-refractivity contribution in [2.45, 2.75) is 13.2 Å². The Balaban J connectivity index is 1.44. The van der Waals surface area contributed by atoms with Gasteiger partial charge in [-0.1, -0.05) is 46.8 Å². The van der Waals surface area contributed by atoms with Crippen LogP contribution in [0.3, 0.4) is 0 Å². The predicted molar refractivity (Wildman–Crippen MR) is 112 cm³/mol. The molecule has 5 rings (SSSR count). The van der Waals surface area contributed by atoms with E-state index in [1.165, 1.54) is 17.9 Å². The summed E-state index contributed by atoms with van der Waals surface area (Å²) in [6, 6.07) is 16.0. The van der Waals surface area contributed by atoms with Gasteiger partial charge >= 0.3 is 0 Å². The summed E-state index contributed by atoms with van der Waals surface area (Å²) in [5.74, 6) is 0.160. The highest BCUT2D eigenvalue weighted by molar-refractivity contribution is 5.59. The van der Waals surface area contributed by atoms with E-state index in [2.05, 4.69) is 25.6 Å². The van der Waals surface area contributed by atoms with Crippen LogP contribution in [-0.2, 0) is 17.9 Å². The Hall–Kier alpha value is -4.18. The monoisotopic (exact) mass is 431 g/mol. The summed E-state index contributed by atoms with van der Waals surface area (Å²) in [5, 5.41) is 16.5. The highest BCUT2D eigenvalue weighted by atomic mass is 19.1. The van der Waals surface area contributed by atoms with Gasteiger partial charge in [0.1, 0.15) is 17.2 Å². The van der Waals surface area contributed by atoms with Crippen LogP contribution >= 0.6 is 0 Å². The summed E-state index contributed by atoms with van der Waals surface area (Å²) < 4.78 is 28.2. The largest absolute Gasteiger partial charge is 0.378 e. The summed E-state index contributed by atoms with van der Waals surface area (Å²) in [6.45, 7) is 0.806. The lowest BCUT2D eigenvalue weighted by molar-refractivity contribution is 0.179. The molecule has 0 unspecified atom stereocenters. The third-order valence-corrected chi connectivity index (χ3v) is 4.87. The van der Waals surface area contributed by atoms with E-state index in [0.29, 0.717) is 23.8 Å². The molecule has 0 saturated heterocycles. The summed E-state index contributed by atoms with van der Waals surface area (Å²) in [7, 11) is 1.53. The number of nitrogens with zero attached hydrogens (tertiary/aromatic N) is 7. The lowest BCUT2D eigenvalue weighted by Crippen LogP contribution is -2.06. The molecule has 0 aliphatic rings. The third kappa shape index (κ3) is 3.79. The zero-order chi connectivity index (χ0) is 21.9. The van der Waals surface area contributed by atoms with E-state index >= 15 is 0 Å². The number of hydrogen-bond acceptors (Lipinski definition) is 7. The Kier molecular flexibility index (Phi) is 5.26. The maximum Gasteiger partial charge on any atom is 0.280 e. The van der Waals surface area contributed by atoms with Gasteiger partial charge in [-0.15, -0.1) is 5.10 Å². The van der Waals surface area contributed by atoms with Crippen LogP contribution in [0, 0.1) is 5.82 Å². The van der Waals surface area contributed by atoms with Crippen LogP contribution in [-0.4, -0.2) is 42.0 Å². The molecule has 0 N–H and O–H groups in total. The topological polar surface area (TPSA) is 96.7 Å². The minimum Gasteiger partial charge on any atom is -0.378 e. The zero-order valence-electron chi connectivity index (χ0n) is 17.1. The molecule has 2 aromatic carbocycles. The minimum absolute atomic E-state index is 0.135. The second-order valence-electron chi connectivity index (χ2n) is 7.00. The number of methoxy groups -OCH3 is 1. The van der Waals surface area contributed by atoms with Gasteiger partial charge in [-0.25, -0.2) is 9.07 Å². The van der Waals surface area contributed by atoms with E-state index in [1.807, 2.05) is 41.2 Å². The Morgan fingerprint density at radius 1 is 1.06 bits per heavy atom. The number of hydrogen-bond donors (Lipinski definition) is 0. The second-order valence-corrected chi connectivity index (χ2v) is 7.00. The Morgan fingerprint density at radius 2 is 1.91 bits per heavy atom. The summed E-state index contributed by atoms with van der Waals surface area (Å²) in [5.41, 5.74) is 2.98. The van der Waals surface area contributed by atoms with Crippen LogP contribution in [0.4, 0.5) is 4.39 Å². The van der Waals surface area contributed by atoms with Crippen LogP contribution in [0.25, 0.3) is 28.7 Å². The SMILES string of the molecule is COCc1c(-c2nc(-c3ccc(Cn4cccn4)cc3)no2)nnn1-c1ccccc1F. The second kappa shape index (κ2) is 8.52. The highest BCUT2D eigenvalue weighted by Gasteiger charge is 2.22. The lowest BCUT2D eigenvalue weighted by Gasteiger charge is -2.06. The first-order valence-corrected chi connectivity index (χ1v) is 9.82. The third-order valence-electron chi connectivity index (χ3n) is 4.87. The van der Waals surface area contributed by atoms with E-state index in [9.17, 15) is 4.39 Å². The number of halogens is 1. The van der Waals surface area contributed by atoms with Crippen LogP contribution in [0.2, 0.25) is 0 Å². The Morgan fingerprint density at radius 3 is 2.66 bits per heavy atom. The number of benzene rings is 2.